The molecule has 0 aliphatic carbocycles. The smallest absolute Gasteiger partial charge is 0.166 e. The average molecular weight is 285 g/mol. The Morgan fingerprint density at radius 1 is 1.25 bits per heavy atom. The molecular formula is C8H5F3I. The summed E-state index contributed by atoms with van der Waals surface area (Å²) in [5.41, 5.74) is -0.0112. The molecule has 0 spiro atoms. The molecule has 1 aromatic carbocycles. The summed E-state index contributed by atoms with van der Waals surface area (Å²) in [7, 11) is 0. The maximum absolute atomic E-state index is 12.2. The van der Waals surface area contributed by atoms with Crippen LogP contribution in [0.4, 0.5) is 13.2 Å². The first-order chi connectivity index (χ1) is 5.41. The topological polar surface area (TPSA) is 0 Å². The van der Waals surface area contributed by atoms with Gasteiger partial charge in [0.25, 0.3) is 0 Å². The molecule has 0 unspecified atom stereocenters. The molecule has 1 radical (unpaired) electrons. The fraction of sp³-hybridized carbons (Fsp3) is 0.125. The van der Waals surface area contributed by atoms with E-state index in [0.29, 0.717) is 5.56 Å². The van der Waals surface area contributed by atoms with Crippen LogP contribution < -0.4 is 0 Å². The highest BCUT2D eigenvalue weighted by Crippen LogP contribution is 2.32. The van der Waals surface area contributed by atoms with Crippen molar-refractivity contribution in [2.75, 3.05) is 0 Å². The third-order valence-corrected chi connectivity index (χ3v) is 2.23. The number of benzene rings is 1. The largest absolute Gasteiger partial charge is 0.417 e. The van der Waals surface area contributed by atoms with E-state index < -0.39 is 11.7 Å². The van der Waals surface area contributed by atoms with Gasteiger partial charge < -0.3 is 0 Å². The van der Waals surface area contributed by atoms with Gasteiger partial charge in [0.1, 0.15) is 0 Å². The van der Waals surface area contributed by atoms with Crippen LogP contribution in [0.3, 0.4) is 0 Å². The summed E-state index contributed by atoms with van der Waals surface area (Å²) in [4.78, 5) is 0. The van der Waals surface area contributed by atoms with Gasteiger partial charge in [-0.2, -0.15) is 13.2 Å². The molecule has 0 saturated heterocycles. The normalized spacial score (nSPS) is 11.8. The van der Waals surface area contributed by atoms with Crippen LogP contribution >= 0.6 is 22.6 Å². The second-order valence-electron chi connectivity index (χ2n) is 2.31. The predicted octanol–water partition coefficient (Wildman–Crippen LogP) is 3.49. The molecule has 0 heterocycles. The van der Waals surface area contributed by atoms with Gasteiger partial charge in [-0.25, -0.2) is 0 Å². The number of hydrogen-bond acceptors (Lipinski definition) is 0. The third-order valence-electron chi connectivity index (χ3n) is 1.34. The highest BCUT2D eigenvalue weighted by Gasteiger charge is 2.32. The lowest BCUT2D eigenvalue weighted by molar-refractivity contribution is -0.138. The van der Waals surface area contributed by atoms with Gasteiger partial charge in [0.05, 0.1) is 5.56 Å². The van der Waals surface area contributed by atoms with E-state index in [4.69, 9.17) is 0 Å². The average Bonchev–Trinajstić information content (AvgIpc) is 1.83. The van der Waals surface area contributed by atoms with E-state index in [-0.39, 0.29) is 3.57 Å². The highest BCUT2D eigenvalue weighted by atomic mass is 127. The van der Waals surface area contributed by atoms with Crippen molar-refractivity contribution in [2.45, 2.75) is 6.18 Å². The van der Waals surface area contributed by atoms with E-state index in [1.807, 2.05) is 0 Å². The van der Waals surface area contributed by atoms with Gasteiger partial charge in [-0.3, -0.25) is 0 Å². The van der Waals surface area contributed by atoms with E-state index in [1.165, 1.54) is 12.1 Å². The Morgan fingerprint density at radius 3 is 2.25 bits per heavy atom. The van der Waals surface area contributed by atoms with E-state index in [0.717, 1.165) is 6.07 Å². The molecule has 0 aliphatic rings. The molecule has 4 heteroatoms. The first-order valence-corrected chi connectivity index (χ1v) is 4.18. The standard InChI is InChI=1S/C8H5F3I/c1-5-2-3-6(7(12)4-5)8(9,10)11/h2-4H,1H2. The molecule has 0 aromatic heterocycles. The Labute approximate surface area is 81.9 Å². The highest BCUT2D eigenvalue weighted by molar-refractivity contribution is 14.1. The van der Waals surface area contributed by atoms with Crippen LogP contribution in [0, 0.1) is 10.5 Å². The summed E-state index contributed by atoms with van der Waals surface area (Å²) in [6, 6.07) is 3.80. The molecule has 12 heavy (non-hydrogen) atoms. The maximum atomic E-state index is 12.2. The minimum atomic E-state index is -4.26. The van der Waals surface area contributed by atoms with Crippen LogP contribution in [0.25, 0.3) is 0 Å². The van der Waals surface area contributed by atoms with Gasteiger partial charge in [-0.1, -0.05) is 6.07 Å². The molecule has 0 aliphatic heterocycles. The van der Waals surface area contributed by atoms with Gasteiger partial charge in [0.2, 0.25) is 0 Å². The van der Waals surface area contributed by atoms with Gasteiger partial charge in [0, 0.05) is 3.57 Å². The van der Waals surface area contributed by atoms with Crippen molar-refractivity contribution in [1.29, 1.82) is 0 Å². The van der Waals surface area contributed by atoms with Crippen molar-refractivity contribution in [1.82, 2.24) is 0 Å². The van der Waals surface area contributed by atoms with Gasteiger partial charge in [-0.15, -0.1) is 0 Å². The zero-order valence-corrected chi connectivity index (χ0v) is 8.11. The minimum Gasteiger partial charge on any atom is -0.166 e. The fourth-order valence-corrected chi connectivity index (χ4v) is 1.67. The minimum absolute atomic E-state index is 0.188. The second-order valence-corrected chi connectivity index (χ2v) is 3.47. The van der Waals surface area contributed by atoms with E-state index in [9.17, 15) is 13.2 Å². The van der Waals surface area contributed by atoms with Gasteiger partial charge in [0.15, 0.2) is 0 Å². The summed E-state index contributed by atoms with van der Waals surface area (Å²) in [5.74, 6) is 0. The van der Waals surface area contributed by atoms with Crippen LogP contribution in [-0.4, -0.2) is 0 Å². The number of alkyl halides is 3. The van der Waals surface area contributed by atoms with Crippen molar-refractivity contribution < 1.29 is 13.2 Å². The lowest BCUT2D eigenvalue weighted by atomic mass is 10.1. The summed E-state index contributed by atoms with van der Waals surface area (Å²) >= 11 is 1.65. The third kappa shape index (κ3) is 2.12. The van der Waals surface area contributed by atoms with Gasteiger partial charge >= 0.3 is 6.18 Å². The Kier molecular flexibility index (Phi) is 2.65. The molecule has 0 atom stereocenters. The molecule has 0 saturated carbocycles. The predicted molar refractivity (Wildman–Crippen MR) is 48.6 cm³/mol. The summed E-state index contributed by atoms with van der Waals surface area (Å²) < 4.78 is 36.7. The molecule has 0 amide bonds. The summed E-state index contributed by atoms with van der Waals surface area (Å²) in [6.07, 6.45) is -4.26. The monoisotopic (exact) mass is 285 g/mol. The van der Waals surface area contributed by atoms with E-state index in [2.05, 4.69) is 6.92 Å². The zero-order chi connectivity index (χ0) is 9.35. The van der Waals surface area contributed by atoms with Crippen molar-refractivity contribution in [3.63, 3.8) is 0 Å². The Morgan fingerprint density at radius 2 is 1.83 bits per heavy atom. The molecule has 0 N–H and O–H groups in total. The molecule has 1 rings (SSSR count). The quantitative estimate of drug-likeness (QED) is 0.640. The van der Waals surface area contributed by atoms with Crippen molar-refractivity contribution >= 4 is 22.6 Å². The Bertz CT molecular complexity index is 291. The number of halogens is 4. The molecule has 65 valence electrons. The SMILES string of the molecule is [CH2]c1ccc(C(F)(F)F)c(I)c1. The number of hydrogen-bond donors (Lipinski definition) is 0. The Balaban J connectivity index is 3.19. The van der Waals surface area contributed by atoms with Crippen LogP contribution in [0.15, 0.2) is 18.2 Å². The molecule has 1 aromatic rings. The first-order valence-electron chi connectivity index (χ1n) is 3.10. The zero-order valence-electron chi connectivity index (χ0n) is 5.95. The fourth-order valence-electron chi connectivity index (χ4n) is 0.789. The van der Waals surface area contributed by atoms with Crippen LogP contribution in [-0.2, 0) is 6.18 Å². The Hall–Kier alpha value is -0.260. The van der Waals surface area contributed by atoms with Crippen LogP contribution in [0.2, 0.25) is 0 Å². The molecule has 0 fully saturated rings. The summed E-state index contributed by atoms with van der Waals surface area (Å²) in [6.45, 7) is 3.53. The van der Waals surface area contributed by atoms with Crippen molar-refractivity contribution in [2.24, 2.45) is 0 Å². The van der Waals surface area contributed by atoms with Crippen molar-refractivity contribution in [3.8, 4) is 0 Å². The van der Waals surface area contributed by atoms with Gasteiger partial charge in [-0.05, 0) is 47.2 Å². The lowest BCUT2D eigenvalue weighted by Crippen LogP contribution is -2.07. The second kappa shape index (κ2) is 3.24. The van der Waals surface area contributed by atoms with E-state index >= 15 is 0 Å². The van der Waals surface area contributed by atoms with Crippen LogP contribution in [0.1, 0.15) is 11.1 Å². The molecule has 0 nitrogen and oxygen atoms in total. The van der Waals surface area contributed by atoms with E-state index in [1.54, 1.807) is 22.6 Å². The lowest BCUT2D eigenvalue weighted by Gasteiger charge is -2.08. The number of rotatable bonds is 0. The van der Waals surface area contributed by atoms with Crippen molar-refractivity contribution in [3.05, 3.63) is 39.8 Å². The molecule has 0 bridgehead atoms. The maximum Gasteiger partial charge on any atom is 0.417 e. The van der Waals surface area contributed by atoms with Crippen LogP contribution in [0.5, 0.6) is 0 Å². The molecular weight excluding hydrogens is 280 g/mol. The summed E-state index contributed by atoms with van der Waals surface area (Å²) in [5, 5.41) is 0. The first kappa shape index (κ1) is 9.83.